The maximum Gasteiger partial charge on any atom is 0.188 e. The van der Waals surface area contributed by atoms with E-state index in [4.69, 9.17) is 9.47 Å². The standard InChI is InChI=1S/C20H18FN5O2/c1-26-11-13(10-23-26)12-6-16-15(22-9-12)4-5-19(24-16)25-17-7-14(27-2)8-18(28-3)20(17)21/h4-11H,1-3H3,(H,24,25). The van der Waals surface area contributed by atoms with Crippen LogP contribution >= 0.6 is 0 Å². The number of ether oxygens (including phenoxy) is 2. The average molecular weight is 379 g/mol. The second kappa shape index (κ2) is 7.15. The van der Waals surface area contributed by atoms with Gasteiger partial charge in [-0.25, -0.2) is 9.37 Å². The van der Waals surface area contributed by atoms with Gasteiger partial charge >= 0.3 is 0 Å². The third kappa shape index (κ3) is 3.32. The summed E-state index contributed by atoms with van der Waals surface area (Å²) in [6.45, 7) is 0. The highest BCUT2D eigenvalue weighted by atomic mass is 19.1. The Bertz CT molecular complexity index is 1160. The molecule has 0 amide bonds. The zero-order valence-electron chi connectivity index (χ0n) is 15.6. The molecule has 3 aromatic heterocycles. The van der Waals surface area contributed by atoms with Crippen molar-refractivity contribution in [3.8, 4) is 22.6 Å². The molecule has 0 unspecified atom stereocenters. The van der Waals surface area contributed by atoms with E-state index in [2.05, 4.69) is 20.4 Å². The van der Waals surface area contributed by atoms with Crippen molar-refractivity contribution >= 4 is 22.5 Å². The van der Waals surface area contributed by atoms with E-state index in [9.17, 15) is 4.39 Å². The lowest BCUT2D eigenvalue weighted by Crippen LogP contribution is -2.00. The van der Waals surface area contributed by atoms with E-state index >= 15 is 0 Å². The van der Waals surface area contributed by atoms with Gasteiger partial charge in [0.15, 0.2) is 11.6 Å². The first-order valence-electron chi connectivity index (χ1n) is 8.52. The number of aryl methyl sites for hydroxylation is 1. The van der Waals surface area contributed by atoms with Crippen LogP contribution in [0.25, 0.3) is 22.2 Å². The van der Waals surface area contributed by atoms with E-state index in [-0.39, 0.29) is 11.4 Å². The van der Waals surface area contributed by atoms with E-state index in [0.29, 0.717) is 17.1 Å². The number of halogens is 1. The molecule has 28 heavy (non-hydrogen) atoms. The molecule has 1 aromatic carbocycles. The molecule has 0 spiro atoms. The number of aromatic nitrogens is 4. The minimum absolute atomic E-state index is 0.0863. The SMILES string of the molecule is COc1cc(Nc2ccc3ncc(-c4cnn(C)c4)cc3n2)c(F)c(OC)c1. The van der Waals surface area contributed by atoms with Crippen molar-refractivity contribution in [1.29, 1.82) is 0 Å². The molecule has 0 fully saturated rings. The van der Waals surface area contributed by atoms with Gasteiger partial charge in [-0.05, 0) is 18.2 Å². The van der Waals surface area contributed by atoms with Crippen molar-refractivity contribution in [1.82, 2.24) is 19.7 Å². The highest BCUT2D eigenvalue weighted by Gasteiger charge is 2.13. The molecule has 0 radical (unpaired) electrons. The summed E-state index contributed by atoms with van der Waals surface area (Å²) in [7, 11) is 4.77. The van der Waals surface area contributed by atoms with E-state index in [1.165, 1.54) is 20.3 Å². The van der Waals surface area contributed by atoms with E-state index < -0.39 is 5.82 Å². The van der Waals surface area contributed by atoms with E-state index in [1.807, 2.05) is 25.4 Å². The summed E-state index contributed by atoms with van der Waals surface area (Å²) in [5, 5.41) is 7.17. The molecule has 0 bridgehead atoms. The van der Waals surface area contributed by atoms with Gasteiger partial charge in [-0.2, -0.15) is 5.10 Å². The minimum atomic E-state index is -0.521. The van der Waals surface area contributed by atoms with Gasteiger partial charge in [0.1, 0.15) is 11.6 Å². The lowest BCUT2D eigenvalue weighted by molar-refractivity contribution is 0.375. The first-order chi connectivity index (χ1) is 13.6. The van der Waals surface area contributed by atoms with Crippen LogP contribution in [0.1, 0.15) is 0 Å². The zero-order valence-corrected chi connectivity index (χ0v) is 15.6. The third-order valence-electron chi connectivity index (χ3n) is 4.31. The molecule has 0 aliphatic carbocycles. The van der Waals surface area contributed by atoms with Crippen LogP contribution in [0.15, 0.2) is 48.9 Å². The van der Waals surface area contributed by atoms with E-state index in [1.54, 1.807) is 29.2 Å². The molecular formula is C20H18FN5O2. The van der Waals surface area contributed by atoms with Crippen molar-refractivity contribution in [2.75, 3.05) is 19.5 Å². The van der Waals surface area contributed by atoms with Crippen molar-refractivity contribution in [3.63, 3.8) is 0 Å². The number of hydrogen-bond donors (Lipinski definition) is 1. The monoisotopic (exact) mass is 379 g/mol. The van der Waals surface area contributed by atoms with Gasteiger partial charge < -0.3 is 14.8 Å². The van der Waals surface area contributed by atoms with Gasteiger partial charge in [-0.1, -0.05) is 0 Å². The minimum Gasteiger partial charge on any atom is -0.497 e. The first kappa shape index (κ1) is 17.7. The molecule has 0 aliphatic rings. The molecule has 0 saturated carbocycles. The molecule has 4 aromatic rings. The Labute approximate surface area is 160 Å². The van der Waals surface area contributed by atoms with Crippen LogP contribution in [0.5, 0.6) is 11.5 Å². The summed E-state index contributed by atoms with van der Waals surface area (Å²) in [4.78, 5) is 9.01. The fourth-order valence-corrected chi connectivity index (χ4v) is 2.87. The number of rotatable bonds is 5. The van der Waals surface area contributed by atoms with Crippen LogP contribution in [0.3, 0.4) is 0 Å². The fraction of sp³-hybridized carbons (Fsp3) is 0.150. The second-order valence-electron chi connectivity index (χ2n) is 6.18. The summed E-state index contributed by atoms with van der Waals surface area (Å²) in [6, 6.07) is 8.52. The Morgan fingerprint density at radius 3 is 2.57 bits per heavy atom. The number of nitrogens with zero attached hydrogens (tertiary/aromatic N) is 4. The van der Waals surface area contributed by atoms with Gasteiger partial charge in [-0.15, -0.1) is 0 Å². The van der Waals surface area contributed by atoms with Crippen LogP contribution in [0, 0.1) is 5.82 Å². The van der Waals surface area contributed by atoms with Crippen LogP contribution < -0.4 is 14.8 Å². The van der Waals surface area contributed by atoms with Crippen LogP contribution in [-0.4, -0.2) is 34.0 Å². The molecule has 1 N–H and O–H groups in total. The lowest BCUT2D eigenvalue weighted by Gasteiger charge is -2.12. The zero-order chi connectivity index (χ0) is 19.7. The number of pyridine rings is 2. The maximum atomic E-state index is 14.6. The summed E-state index contributed by atoms with van der Waals surface area (Å²) in [5.74, 6) is 0.518. The van der Waals surface area contributed by atoms with Gasteiger partial charge in [-0.3, -0.25) is 9.67 Å². The maximum absolute atomic E-state index is 14.6. The van der Waals surface area contributed by atoms with Gasteiger partial charge in [0, 0.05) is 42.7 Å². The van der Waals surface area contributed by atoms with Crippen molar-refractivity contribution < 1.29 is 13.9 Å². The van der Waals surface area contributed by atoms with Gasteiger partial charge in [0.05, 0.1) is 37.1 Å². The quantitative estimate of drug-likeness (QED) is 0.566. The molecular weight excluding hydrogens is 361 g/mol. The number of methoxy groups -OCH3 is 2. The Kier molecular flexibility index (Phi) is 4.52. The molecule has 3 heterocycles. The first-order valence-corrected chi connectivity index (χ1v) is 8.52. The van der Waals surface area contributed by atoms with Crippen LogP contribution in [-0.2, 0) is 7.05 Å². The van der Waals surface area contributed by atoms with Crippen LogP contribution in [0.2, 0.25) is 0 Å². The van der Waals surface area contributed by atoms with Crippen molar-refractivity contribution in [3.05, 3.63) is 54.7 Å². The molecule has 142 valence electrons. The number of benzene rings is 1. The topological polar surface area (TPSA) is 74.1 Å². The van der Waals surface area contributed by atoms with Gasteiger partial charge in [0.2, 0.25) is 0 Å². The smallest absolute Gasteiger partial charge is 0.188 e. The summed E-state index contributed by atoms with van der Waals surface area (Å²) >= 11 is 0. The fourth-order valence-electron chi connectivity index (χ4n) is 2.87. The van der Waals surface area contributed by atoms with Crippen LogP contribution in [0.4, 0.5) is 15.9 Å². The molecule has 0 aliphatic heterocycles. The predicted octanol–water partition coefficient (Wildman–Crippen LogP) is 3.93. The lowest BCUT2D eigenvalue weighted by atomic mass is 10.1. The average Bonchev–Trinajstić information content (AvgIpc) is 3.15. The van der Waals surface area contributed by atoms with Gasteiger partial charge in [0.25, 0.3) is 0 Å². The Hall–Kier alpha value is -3.68. The highest BCUT2D eigenvalue weighted by molar-refractivity contribution is 5.82. The van der Waals surface area contributed by atoms with E-state index in [0.717, 1.165) is 16.6 Å². The molecule has 7 nitrogen and oxygen atoms in total. The Balaban J connectivity index is 1.72. The molecule has 4 rings (SSSR count). The molecule has 0 atom stereocenters. The van der Waals surface area contributed by atoms with Crippen molar-refractivity contribution in [2.45, 2.75) is 0 Å². The molecule has 8 heteroatoms. The number of hydrogen-bond acceptors (Lipinski definition) is 6. The normalized spacial score (nSPS) is 10.9. The Morgan fingerprint density at radius 1 is 1.00 bits per heavy atom. The predicted molar refractivity (Wildman–Crippen MR) is 105 cm³/mol. The second-order valence-corrected chi connectivity index (χ2v) is 6.18. The van der Waals surface area contributed by atoms with Crippen molar-refractivity contribution in [2.24, 2.45) is 7.05 Å². The number of fused-ring (bicyclic) bond motifs is 1. The summed E-state index contributed by atoms with van der Waals surface area (Å²) < 4.78 is 26.6. The summed E-state index contributed by atoms with van der Waals surface area (Å²) in [6.07, 6.45) is 5.45. The number of anilines is 2. The Morgan fingerprint density at radius 2 is 1.86 bits per heavy atom. The number of nitrogens with one attached hydrogen (secondary N) is 1. The molecule has 0 saturated heterocycles. The third-order valence-corrected chi connectivity index (χ3v) is 4.31. The largest absolute Gasteiger partial charge is 0.497 e. The summed E-state index contributed by atoms with van der Waals surface area (Å²) in [5.41, 5.74) is 3.48. The highest BCUT2D eigenvalue weighted by Crippen LogP contribution is 2.32.